The summed E-state index contributed by atoms with van der Waals surface area (Å²) >= 11 is 1.77. The fourth-order valence-corrected chi connectivity index (χ4v) is 5.51. The molecule has 4 nitrogen and oxygen atoms in total. The molecule has 1 aliphatic rings. The lowest BCUT2D eigenvalue weighted by Gasteiger charge is -2.38. The van der Waals surface area contributed by atoms with Gasteiger partial charge < -0.3 is 9.80 Å². The fraction of sp³-hybridized carbons (Fsp3) is 0.357. The molecule has 0 N–H and O–H groups in total. The molecule has 172 valence electrons. The molecule has 0 fully saturated rings. The van der Waals surface area contributed by atoms with E-state index in [0.29, 0.717) is 18.7 Å². The van der Waals surface area contributed by atoms with Gasteiger partial charge in [-0.15, -0.1) is 11.3 Å². The molecule has 0 saturated heterocycles. The van der Waals surface area contributed by atoms with Crippen molar-refractivity contribution in [3.05, 3.63) is 92.7 Å². The molecule has 0 aliphatic carbocycles. The topological polar surface area (TPSA) is 40.6 Å². The van der Waals surface area contributed by atoms with Crippen molar-refractivity contribution in [3.8, 4) is 0 Å². The SMILES string of the molecule is Cc1ccc(C(=O)N(CC(=O)N2CCc3sccc3C2c2ccccc2C)CC(C)C)cc1. The Hall–Kier alpha value is -2.92. The minimum Gasteiger partial charge on any atom is -0.330 e. The Morgan fingerprint density at radius 1 is 1.03 bits per heavy atom. The zero-order valence-electron chi connectivity index (χ0n) is 19.9. The Morgan fingerprint density at radius 3 is 2.45 bits per heavy atom. The van der Waals surface area contributed by atoms with Gasteiger partial charge in [0.05, 0.1) is 6.04 Å². The molecular weight excluding hydrogens is 428 g/mol. The first-order chi connectivity index (χ1) is 15.8. The molecule has 2 amide bonds. The van der Waals surface area contributed by atoms with E-state index >= 15 is 0 Å². The first kappa shape index (κ1) is 23.2. The van der Waals surface area contributed by atoms with Crippen molar-refractivity contribution in [2.45, 2.75) is 40.2 Å². The summed E-state index contributed by atoms with van der Waals surface area (Å²) in [6.45, 7) is 9.57. The summed E-state index contributed by atoms with van der Waals surface area (Å²) in [5.74, 6) is 0.183. The van der Waals surface area contributed by atoms with Crippen LogP contribution in [0.2, 0.25) is 0 Å². The quantitative estimate of drug-likeness (QED) is 0.478. The van der Waals surface area contributed by atoms with Crippen LogP contribution in [-0.4, -0.2) is 41.2 Å². The smallest absolute Gasteiger partial charge is 0.254 e. The maximum Gasteiger partial charge on any atom is 0.254 e. The lowest BCUT2D eigenvalue weighted by Crippen LogP contribution is -2.47. The second-order valence-corrected chi connectivity index (χ2v) is 10.3. The average Bonchev–Trinajstić information content (AvgIpc) is 3.27. The van der Waals surface area contributed by atoms with Gasteiger partial charge >= 0.3 is 0 Å². The minimum atomic E-state index is -0.107. The van der Waals surface area contributed by atoms with E-state index in [9.17, 15) is 9.59 Å². The number of fused-ring (bicyclic) bond motifs is 1. The number of hydrogen-bond donors (Lipinski definition) is 0. The van der Waals surface area contributed by atoms with Crippen LogP contribution in [0.4, 0.5) is 0 Å². The number of amides is 2. The van der Waals surface area contributed by atoms with E-state index in [1.54, 1.807) is 16.2 Å². The highest BCUT2D eigenvalue weighted by atomic mass is 32.1. The van der Waals surface area contributed by atoms with Crippen molar-refractivity contribution in [2.24, 2.45) is 5.92 Å². The molecule has 0 radical (unpaired) electrons. The summed E-state index contributed by atoms with van der Waals surface area (Å²) in [4.78, 5) is 32.1. The maximum absolute atomic E-state index is 13.7. The van der Waals surface area contributed by atoms with E-state index in [1.807, 2.05) is 48.2 Å². The van der Waals surface area contributed by atoms with E-state index < -0.39 is 0 Å². The largest absolute Gasteiger partial charge is 0.330 e. The van der Waals surface area contributed by atoms with E-state index in [-0.39, 0.29) is 30.3 Å². The van der Waals surface area contributed by atoms with Crippen LogP contribution in [0, 0.1) is 19.8 Å². The van der Waals surface area contributed by atoms with Gasteiger partial charge in [0.25, 0.3) is 5.91 Å². The molecule has 1 aromatic heterocycles. The number of rotatable bonds is 6. The summed E-state index contributed by atoms with van der Waals surface area (Å²) in [6, 6.07) is 17.9. The Morgan fingerprint density at radius 2 is 1.76 bits per heavy atom. The molecule has 2 aromatic carbocycles. The van der Waals surface area contributed by atoms with Gasteiger partial charge in [0.15, 0.2) is 0 Å². The third kappa shape index (κ3) is 5.03. The van der Waals surface area contributed by atoms with Crippen molar-refractivity contribution in [3.63, 3.8) is 0 Å². The van der Waals surface area contributed by atoms with E-state index in [4.69, 9.17) is 0 Å². The highest BCUT2D eigenvalue weighted by molar-refractivity contribution is 7.10. The number of nitrogens with zero attached hydrogens (tertiary/aromatic N) is 2. The Balaban J connectivity index is 1.63. The van der Waals surface area contributed by atoms with Crippen molar-refractivity contribution in [1.82, 2.24) is 9.80 Å². The molecule has 1 aliphatic heterocycles. The third-order valence-corrected chi connectivity index (χ3v) is 7.26. The lowest BCUT2D eigenvalue weighted by molar-refractivity contribution is -0.134. The molecule has 1 atom stereocenters. The molecule has 2 heterocycles. The van der Waals surface area contributed by atoms with Gasteiger partial charge in [-0.1, -0.05) is 55.8 Å². The van der Waals surface area contributed by atoms with Crippen LogP contribution < -0.4 is 0 Å². The second-order valence-electron chi connectivity index (χ2n) is 9.34. The maximum atomic E-state index is 13.7. The first-order valence-electron chi connectivity index (χ1n) is 11.6. The number of hydrogen-bond acceptors (Lipinski definition) is 3. The summed E-state index contributed by atoms with van der Waals surface area (Å²) in [5.41, 5.74) is 5.29. The number of benzene rings is 2. The van der Waals surface area contributed by atoms with Crippen molar-refractivity contribution < 1.29 is 9.59 Å². The molecular formula is C28H32N2O2S. The van der Waals surface area contributed by atoms with Gasteiger partial charge in [-0.25, -0.2) is 0 Å². The summed E-state index contributed by atoms with van der Waals surface area (Å²) in [7, 11) is 0. The number of aryl methyl sites for hydroxylation is 2. The van der Waals surface area contributed by atoms with Gasteiger partial charge in [0, 0.05) is 23.5 Å². The average molecular weight is 461 g/mol. The highest BCUT2D eigenvalue weighted by Crippen LogP contribution is 2.39. The van der Waals surface area contributed by atoms with Gasteiger partial charge in [-0.3, -0.25) is 9.59 Å². The molecule has 1 unspecified atom stereocenters. The normalized spacial score (nSPS) is 15.4. The molecule has 0 spiro atoms. The Kier molecular flexibility index (Phi) is 6.99. The van der Waals surface area contributed by atoms with Crippen LogP contribution in [0.25, 0.3) is 0 Å². The van der Waals surface area contributed by atoms with Crippen LogP contribution >= 0.6 is 11.3 Å². The number of carbonyl (C=O) groups excluding carboxylic acids is 2. The van der Waals surface area contributed by atoms with Crippen molar-refractivity contribution in [2.75, 3.05) is 19.6 Å². The van der Waals surface area contributed by atoms with E-state index in [2.05, 4.69) is 44.4 Å². The van der Waals surface area contributed by atoms with Crippen LogP contribution in [0.3, 0.4) is 0 Å². The predicted octanol–water partition coefficient (Wildman–Crippen LogP) is 5.64. The van der Waals surface area contributed by atoms with Crippen LogP contribution in [0.1, 0.15) is 57.4 Å². The zero-order chi connectivity index (χ0) is 23.5. The third-order valence-electron chi connectivity index (χ3n) is 6.27. The summed E-state index contributed by atoms with van der Waals surface area (Å²) < 4.78 is 0. The first-order valence-corrected chi connectivity index (χ1v) is 12.5. The lowest BCUT2D eigenvalue weighted by atomic mass is 9.90. The van der Waals surface area contributed by atoms with Crippen molar-refractivity contribution >= 4 is 23.2 Å². The van der Waals surface area contributed by atoms with Gasteiger partial charge in [0.2, 0.25) is 5.91 Å². The molecule has 5 heteroatoms. The molecule has 4 rings (SSSR count). The summed E-state index contributed by atoms with van der Waals surface area (Å²) in [6.07, 6.45) is 0.858. The Bertz CT molecular complexity index is 1130. The predicted molar refractivity (Wildman–Crippen MR) is 135 cm³/mol. The van der Waals surface area contributed by atoms with Crippen LogP contribution in [-0.2, 0) is 11.2 Å². The highest BCUT2D eigenvalue weighted by Gasteiger charge is 2.34. The standard InChI is InChI=1S/C28H32N2O2S/c1-19(2)17-29(28(32)22-11-9-20(3)10-12-22)18-26(31)30-15-13-25-24(14-16-33-25)27(30)23-8-6-5-7-21(23)4/h5-12,14,16,19,27H,13,15,17-18H2,1-4H3. The van der Waals surface area contributed by atoms with Gasteiger partial charge in [-0.05, 0) is 66.5 Å². The molecule has 3 aromatic rings. The minimum absolute atomic E-state index is 0.00112. The second kappa shape index (κ2) is 9.92. The summed E-state index contributed by atoms with van der Waals surface area (Å²) in [5, 5.41) is 2.12. The van der Waals surface area contributed by atoms with Crippen LogP contribution in [0.15, 0.2) is 60.0 Å². The Labute approximate surface area is 200 Å². The van der Waals surface area contributed by atoms with Crippen LogP contribution in [0.5, 0.6) is 0 Å². The molecule has 33 heavy (non-hydrogen) atoms. The number of thiophene rings is 1. The van der Waals surface area contributed by atoms with E-state index in [1.165, 1.54) is 16.0 Å². The fourth-order valence-electron chi connectivity index (χ4n) is 4.61. The van der Waals surface area contributed by atoms with Gasteiger partial charge in [-0.2, -0.15) is 0 Å². The molecule has 0 bridgehead atoms. The molecule has 0 saturated carbocycles. The number of carbonyl (C=O) groups is 2. The van der Waals surface area contributed by atoms with Gasteiger partial charge in [0.1, 0.15) is 6.54 Å². The zero-order valence-corrected chi connectivity index (χ0v) is 20.7. The monoisotopic (exact) mass is 460 g/mol. The van der Waals surface area contributed by atoms with Crippen molar-refractivity contribution in [1.29, 1.82) is 0 Å². The van der Waals surface area contributed by atoms with E-state index in [0.717, 1.165) is 17.5 Å².